The average molecular weight is 311 g/mol. The highest BCUT2D eigenvalue weighted by Crippen LogP contribution is 2.33. The minimum atomic E-state index is -0.0854. The van der Waals surface area contributed by atoms with E-state index in [1.807, 2.05) is 24.0 Å². The number of halogens is 1. The third kappa shape index (κ3) is 2.75. The summed E-state index contributed by atoms with van der Waals surface area (Å²) in [4.78, 5) is 14.3. The minimum absolute atomic E-state index is 0.0854. The summed E-state index contributed by atoms with van der Waals surface area (Å²) in [5.41, 5.74) is 6.80. The number of nitrogens with zero attached hydrogens (tertiary/aromatic N) is 1. The average Bonchev–Trinajstić information content (AvgIpc) is 2.86. The molecule has 0 saturated carbocycles. The van der Waals surface area contributed by atoms with Crippen molar-refractivity contribution in [3.63, 3.8) is 0 Å². The number of amides is 1. The lowest BCUT2D eigenvalue weighted by molar-refractivity contribution is -0.135. The quantitative estimate of drug-likeness (QED) is 0.933. The van der Waals surface area contributed by atoms with E-state index in [-0.39, 0.29) is 17.9 Å². The first kappa shape index (κ1) is 13.6. The van der Waals surface area contributed by atoms with Crippen LogP contribution in [0.25, 0.3) is 0 Å². The fourth-order valence-electron chi connectivity index (χ4n) is 2.47. The minimum Gasteiger partial charge on any atom is -0.335 e. The molecule has 0 radical (unpaired) electrons. The van der Waals surface area contributed by atoms with Gasteiger partial charge in [-0.1, -0.05) is 35.0 Å². The SMILES string of the molecule is CC(CN)C(=O)N1CCCC1c1cccc(Br)c1. The van der Waals surface area contributed by atoms with Crippen molar-refractivity contribution in [1.82, 2.24) is 4.90 Å². The summed E-state index contributed by atoms with van der Waals surface area (Å²) in [6.07, 6.45) is 2.11. The monoisotopic (exact) mass is 310 g/mol. The molecule has 2 unspecified atom stereocenters. The number of hydrogen-bond acceptors (Lipinski definition) is 2. The van der Waals surface area contributed by atoms with Gasteiger partial charge >= 0.3 is 0 Å². The Morgan fingerprint density at radius 3 is 3.06 bits per heavy atom. The number of rotatable bonds is 3. The summed E-state index contributed by atoms with van der Waals surface area (Å²) in [6.45, 7) is 3.17. The van der Waals surface area contributed by atoms with Crippen LogP contribution < -0.4 is 5.73 Å². The van der Waals surface area contributed by atoms with E-state index in [2.05, 4.69) is 28.1 Å². The second-order valence-corrected chi connectivity index (χ2v) is 5.80. The van der Waals surface area contributed by atoms with Gasteiger partial charge in [-0.3, -0.25) is 4.79 Å². The van der Waals surface area contributed by atoms with Crippen LogP contribution in [0.2, 0.25) is 0 Å². The van der Waals surface area contributed by atoms with Gasteiger partial charge in [0.05, 0.1) is 6.04 Å². The first-order chi connectivity index (χ1) is 8.63. The summed E-state index contributed by atoms with van der Waals surface area (Å²) >= 11 is 3.49. The van der Waals surface area contributed by atoms with Crippen LogP contribution in [0.15, 0.2) is 28.7 Å². The molecule has 2 atom stereocenters. The van der Waals surface area contributed by atoms with Crippen molar-refractivity contribution in [2.45, 2.75) is 25.8 Å². The third-order valence-electron chi connectivity index (χ3n) is 3.54. The zero-order valence-corrected chi connectivity index (χ0v) is 12.2. The molecule has 1 aromatic carbocycles. The van der Waals surface area contributed by atoms with E-state index in [0.29, 0.717) is 6.54 Å². The Hall–Kier alpha value is -0.870. The molecule has 2 N–H and O–H groups in total. The number of benzene rings is 1. The lowest BCUT2D eigenvalue weighted by Gasteiger charge is -2.27. The summed E-state index contributed by atoms with van der Waals surface area (Å²) < 4.78 is 1.06. The second kappa shape index (κ2) is 5.85. The Labute approximate surface area is 116 Å². The van der Waals surface area contributed by atoms with Crippen LogP contribution in [0.4, 0.5) is 0 Å². The molecule has 0 spiro atoms. The highest BCUT2D eigenvalue weighted by atomic mass is 79.9. The molecular weight excluding hydrogens is 292 g/mol. The van der Waals surface area contributed by atoms with Crippen molar-refractivity contribution in [3.05, 3.63) is 34.3 Å². The highest BCUT2D eigenvalue weighted by molar-refractivity contribution is 9.10. The molecule has 1 aliphatic heterocycles. The third-order valence-corrected chi connectivity index (χ3v) is 4.04. The molecule has 0 aliphatic carbocycles. The number of nitrogens with two attached hydrogens (primary N) is 1. The number of hydrogen-bond donors (Lipinski definition) is 1. The van der Waals surface area contributed by atoms with E-state index in [1.54, 1.807) is 0 Å². The van der Waals surface area contributed by atoms with Gasteiger partial charge in [-0.2, -0.15) is 0 Å². The molecule has 1 aliphatic rings. The first-order valence-corrected chi connectivity index (χ1v) is 7.18. The summed E-state index contributed by atoms with van der Waals surface area (Å²) in [5.74, 6) is 0.0951. The van der Waals surface area contributed by atoms with Crippen molar-refractivity contribution >= 4 is 21.8 Å². The van der Waals surface area contributed by atoms with Crippen LogP contribution in [0.3, 0.4) is 0 Å². The lowest BCUT2D eigenvalue weighted by atomic mass is 10.0. The van der Waals surface area contributed by atoms with E-state index in [4.69, 9.17) is 5.73 Å². The van der Waals surface area contributed by atoms with Crippen LogP contribution in [0.5, 0.6) is 0 Å². The Morgan fingerprint density at radius 2 is 2.39 bits per heavy atom. The molecule has 0 bridgehead atoms. The van der Waals surface area contributed by atoms with Gasteiger partial charge in [-0.05, 0) is 30.5 Å². The van der Waals surface area contributed by atoms with Crippen LogP contribution in [0.1, 0.15) is 31.4 Å². The lowest BCUT2D eigenvalue weighted by Crippen LogP contribution is -2.37. The molecule has 1 heterocycles. The van der Waals surface area contributed by atoms with Crippen LogP contribution >= 0.6 is 15.9 Å². The summed E-state index contributed by atoms with van der Waals surface area (Å²) in [5, 5.41) is 0. The Bertz CT molecular complexity index is 436. The van der Waals surface area contributed by atoms with Crippen LogP contribution in [-0.4, -0.2) is 23.9 Å². The molecule has 1 saturated heterocycles. The molecule has 1 amide bonds. The van der Waals surface area contributed by atoms with E-state index < -0.39 is 0 Å². The standard InChI is InChI=1S/C14H19BrN2O/c1-10(9-16)14(18)17-7-3-6-13(17)11-4-2-5-12(15)8-11/h2,4-5,8,10,13H,3,6-7,9,16H2,1H3. The molecule has 2 rings (SSSR count). The maximum atomic E-state index is 12.3. The zero-order chi connectivity index (χ0) is 13.1. The molecule has 18 heavy (non-hydrogen) atoms. The molecule has 3 nitrogen and oxygen atoms in total. The molecule has 98 valence electrons. The molecule has 0 aromatic heterocycles. The normalized spacial score (nSPS) is 21.1. The van der Waals surface area contributed by atoms with Gasteiger partial charge in [0.1, 0.15) is 0 Å². The van der Waals surface area contributed by atoms with E-state index in [1.165, 1.54) is 5.56 Å². The van der Waals surface area contributed by atoms with Crippen LogP contribution in [0, 0.1) is 5.92 Å². The predicted octanol–water partition coefficient (Wildman–Crippen LogP) is 2.71. The summed E-state index contributed by atoms with van der Waals surface area (Å²) in [6, 6.07) is 8.43. The molecule has 1 aromatic rings. The van der Waals surface area contributed by atoms with Gasteiger partial charge < -0.3 is 10.6 Å². The van der Waals surface area contributed by atoms with Gasteiger partial charge in [0.25, 0.3) is 0 Å². The molecule has 1 fully saturated rings. The van der Waals surface area contributed by atoms with Gasteiger partial charge in [-0.15, -0.1) is 0 Å². The van der Waals surface area contributed by atoms with Gasteiger partial charge in [0.15, 0.2) is 0 Å². The second-order valence-electron chi connectivity index (χ2n) is 4.88. The molecular formula is C14H19BrN2O. The maximum absolute atomic E-state index is 12.3. The van der Waals surface area contributed by atoms with Crippen molar-refractivity contribution in [2.75, 3.05) is 13.1 Å². The van der Waals surface area contributed by atoms with Crippen molar-refractivity contribution in [1.29, 1.82) is 0 Å². The Morgan fingerprint density at radius 1 is 1.61 bits per heavy atom. The fraction of sp³-hybridized carbons (Fsp3) is 0.500. The fourth-order valence-corrected chi connectivity index (χ4v) is 2.89. The van der Waals surface area contributed by atoms with Crippen molar-refractivity contribution < 1.29 is 4.79 Å². The van der Waals surface area contributed by atoms with Crippen molar-refractivity contribution in [2.24, 2.45) is 11.7 Å². The topological polar surface area (TPSA) is 46.3 Å². The van der Waals surface area contributed by atoms with E-state index in [0.717, 1.165) is 23.9 Å². The predicted molar refractivity (Wildman–Crippen MR) is 76.0 cm³/mol. The Balaban J connectivity index is 2.20. The number of likely N-dealkylation sites (tertiary alicyclic amines) is 1. The largest absolute Gasteiger partial charge is 0.335 e. The Kier molecular flexibility index (Phi) is 4.40. The van der Waals surface area contributed by atoms with Gasteiger partial charge in [0, 0.05) is 23.5 Å². The van der Waals surface area contributed by atoms with Crippen molar-refractivity contribution in [3.8, 4) is 0 Å². The van der Waals surface area contributed by atoms with Crippen LogP contribution in [-0.2, 0) is 4.79 Å². The summed E-state index contributed by atoms with van der Waals surface area (Å²) in [7, 11) is 0. The van der Waals surface area contributed by atoms with Gasteiger partial charge in [0.2, 0.25) is 5.91 Å². The number of carbonyl (C=O) groups is 1. The number of carbonyl (C=O) groups excluding carboxylic acids is 1. The molecule has 4 heteroatoms. The highest BCUT2D eigenvalue weighted by Gasteiger charge is 2.31. The van der Waals surface area contributed by atoms with Gasteiger partial charge in [-0.25, -0.2) is 0 Å². The van der Waals surface area contributed by atoms with E-state index >= 15 is 0 Å². The maximum Gasteiger partial charge on any atom is 0.227 e. The first-order valence-electron chi connectivity index (χ1n) is 6.39. The zero-order valence-electron chi connectivity index (χ0n) is 10.6. The smallest absolute Gasteiger partial charge is 0.227 e. The van der Waals surface area contributed by atoms with E-state index in [9.17, 15) is 4.79 Å².